The van der Waals surface area contributed by atoms with Crippen LogP contribution in [0.25, 0.3) is 0 Å². The number of carbonyl (C=O) groups excluding carboxylic acids is 2. The monoisotopic (exact) mass is 348 g/mol. The van der Waals surface area contributed by atoms with Gasteiger partial charge in [0.05, 0.1) is 17.7 Å². The molecule has 0 spiro atoms. The van der Waals surface area contributed by atoms with Crippen LogP contribution >= 0.6 is 15.9 Å². The first-order valence-electron chi connectivity index (χ1n) is 6.33. The standard InChI is InChI=1S/C16H13BrO4/c1-2-21-16(20)11-5-3-10(4-6-11)15(19)13-9-12(17)7-8-14(13)18/h3-9,18H,2H2,1H3. The van der Waals surface area contributed by atoms with Crippen LogP contribution in [-0.4, -0.2) is 23.5 Å². The smallest absolute Gasteiger partial charge is 0.338 e. The van der Waals surface area contributed by atoms with Crippen molar-refractivity contribution in [3.05, 3.63) is 63.6 Å². The molecule has 0 saturated heterocycles. The molecule has 0 aliphatic rings. The van der Waals surface area contributed by atoms with Gasteiger partial charge in [-0.25, -0.2) is 4.79 Å². The molecule has 2 rings (SSSR count). The molecule has 0 bridgehead atoms. The number of ether oxygens (including phenoxy) is 1. The Morgan fingerprint density at radius 2 is 1.71 bits per heavy atom. The highest BCUT2D eigenvalue weighted by Gasteiger charge is 2.15. The predicted octanol–water partition coefficient (Wildman–Crippen LogP) is 3.56. The normalized spacial score (nSPS) is 10.2. The number of rotatable bonds is 4. The molecule has 0 radical (unpaired) electrons. The van der Waals surface area contributed by atoms with Crippen LogP contribution in [0.2, 0.25) is 0 Å². The first kappa shape index (κ1) is 15.3. The maximum atomic E-state index is 12.3. The zero-order chi connectivity index (χ0) is 15.4. The summed E-state index contributed by atoms with van der Waals surface area (Å²) in [4.78, 5) is 23.9. The molecule has 2 aromatic carbocycles. The number of phenolic OH excluding ortho intramolecular Hbond substituents is 1. The molecule has 0 saturated carbocycles. The first-order chi connectivity index (χ1) is 10.0. The summed E-state index contributed by atoms with van der Waals surface area (Å²) < 4.78 is 5.58. The molecule has 0 aliphatic carbocycles. The second-order valence-corrected chi connectivity index (χ2v) is 5.20. The molecule has 1 N–H and O–H groups in total. The number of esters is 1. The quantitative estimate of drug-likeness (QED) is 0.677. The van der Waals surface area contributed by atoms with E-state index >= 15 is 0 Å². The molecular weight excluding hydrogens is 336 g/mol. The third-order valence-corrected chi connectivity index (χ3v) is 3.35. The van der Waals surface area contributed by atoms with Crippen LogP contribution in [0.5, 0.6) is 5.75 Å². The molecule has 0 heterocycles. The lowest BCUT2D eigenvalue weighted by molar-refractivity contribution is 0.0526. The minimum Gasteiger partial charge on any atom is -0.507 e. The van der Waals surface area contributed by atoms with Gasteiger partial charge < -0.3 is 9.84 Å². The van der Waals surface area contributed by atoms with Gasteiger partial charge in [-0.3, -0.25) is 4.79 Å². The summed E-state index contributed by atoms with van der Waals surface area (Å²) in [6.07, 6.45) is 0. The van der Waals surface area contributed by atoms with Crippen molar-refractivity contribution in [2.45, 2.75) is 6.92 Å². The van der Waals surface area contributed by atoms with Gasteiger partial charge in [-0.1, -0.05) is 28.1 Å². The second kappa shape index (κ2) is 6.54. The summed E-state index contributed by atoms with van der Waals surface area (Å²) >= 11 is 3.26. The van der Waals surface area contributed by atoms with Gasteiger partial charge in [-0.05, 0) is 37.3 Å². The van der Waals surface area contributed by atoms with Crippen molar-refractivity contribution in [1.82, 2.24) is 0 Å². The molecular formula is C16H13BrO4. The highest BCUT2D eigenvalue weighted by molar-refractivity contribution is 9.10. The van der Waals surface area contributed by atoms with Crippen molar-refractivity contribution < 1.29 is 19.4 Å². The zero-order valence-electron chi connectivity index (χ0n) is 11.3. The van der Waals surface area contributed by atoms with E-state index in [1.165, 1.54) is 30.3 Å². The maximum Gasteiger partial charge on any atom is 0.338 e. The van der Waals surface area contributed by atoms with Crippen molar-refractivity contribution in [2.75, 3.05) is 6.61 Å². The Kier molecular flexibility index (Phi) is 4.75. The molecule has 21 heavy (non-hydrogen) atoms. The highest BCUT2D eigenvalue weighted by Crippen LogP contribution is 2.24. The lowest BCUT2D eigenvalue weighted by Gasteiger charge is -2.06. The maximum absolute atomic E-state index is 12.3. The summed E-state index contributed by atoms with van der Waals surface area (Å²) in [5, 5.41) is 9.76. The number of benzene rings is 2. The average Bonchev–Trinajstić information content (AvgIpc) is 2.49. The fraction of sp³-hybridized carbons (Fsp3) is 0.125. The van der Waals surface area contributed by atoms with Crippen molar-refractivity contribution >= 4 is 27.7 Å². The van der Waals surface area contributed by atoms with Gasteiger partial charge >= 0.3 is 5.97 Å². The third kappa shape index (κ3) is 3.49. The number of hydrogen-bond acceptors (Lipinski definition) is 4. The van der Waals surface area contributed by atoms with E-state index in [9.17, 15) is 14.7 Å². The minimum absolute atomic E-state index is 0.0855. The molecule has 0 unspecified atom stereocenters. The zero-order valence-corrected chi connectivity index (χ0v) is 12.9. The van der Waals surface area contributed by atoms with Gasteiger partial charge in [0.1, 0.15) is 5.75 Å². The van der Waals surface area contributed by atoms with Crippen LogP contribution < -0.4 is 0 Å². The van der Waals surface area contributed by atoms with Gasteiger partial charge in [-0.2, -0.15) is 0 Å². The first-order valence-corrected chi connectivity index (χ1v) is 7.12. The SMILES string of the molecule is CCOC(=O)c1ccc(C(=O)c2cc(Br)ccc2O)cc1. The fourth-order valence-corrected chi connectivity index (χ4v) is 2.18. The number of ketones is 1. The number of carbonyl (C=O) groups is 2. The van der Waals surface area contributed by atoms with E-state index in [0.29, 0.717) is 22.2 Å². The van der Waals surface area contributed by atoms with E-state index in [1.54, 1.807) is 19.1 Å². The number of halogens is 1. The molecule has 4 nitrogen and oxygen atoms in total. The van der Waals surface area contributed by atoms with Crippen molar-refractivity contribution in [1.29, 1.82) is 0 Å². The Morgan fingerprint density at radius 3 is 2.33 bits per heavy atom. The Labute approximate surface area is 130 Å². The van der Waals surface area contributed by atoms with Crippen LogP contribution in [0, 0.1) is 0 Å². The molecule has 0 atom stereocenters. The minimum atomic E-state index is -0.429. The summed E-state index contributed by atoms with van der Waals surface area (Å²) in [5.41, 5.74) is 0.969. The lowest BCUT2D eigenvalue weighted by atomic mass is 10.0. The van der Waals surface area contributed by atoms with Crippen LogP contribution in [-0.2, 0) is 4.74 Å². The third-order valence-electron chi connectivity index (χ3n) is 2.86. The van der Waals surface area contributed by atoms with Crippen LogP contribution in [0.1, 0.15) is 33.2 Å². The van der Waals surface area contributed by atoms with E-state index in [0.717, 1.165) is 0 Å². The largest absolute Gasteiger partial charge is 0.507 e. The van der Waals surface area contributed by atoms with Gasteiger partial charge in [0.15, 0.2) is 5.78 Å². The van der Waals surface area contributed by atoms with E-state index in [1.807, 2.05) is 0 Å². The number of aromatic hydroxyl groups is 1. The molecule has 0 amide bonds. The number of hydrogen-bond donors (Lipinski definition) is 1. The van der Waals surface area contributed by atoms with Crippen molar-refractivity contribution in [3.8, 4) is 5.75 Å². The van der Waals surface area contributed by atoms with Gasteiger partial charge in [-0.15, -0.1) is 0 Å². The Balaban J connectivity index is 2.28. The van der Waals surface area contributed by atoms with Gasteiger partial charge in [0, 0.05) is 10.0 Å². The highest BCUT2D eigenvalue weighted by atomic mass is 79.9. The molecule has 0 fully saturated rings. The summed E-state index contributed by atoms with van der Waals surface area (Å²) in [7, 11) is 0. The fourth-order valence-electron chi connectivity index (χ4n) is 1.82. The second-order valence-electron chi connectivity index (χ2n) is 4.29. The molecule has 2 aromatic rings. The molecule has 5 heteroatoms. The topological polar surface area (TPSA) is 63.6 Å². The van der Waals surface area contributed by atoms with Crippen LogP contribution in [0.3, 0.4) is 0 Å². The Morgan fingerprint density at radius 1 is 1.10 bits per heavy atom. The van der Waals surface area contributed by atoms with Crippen LogP contribution in [0.15, 0.2) is 46.9 Å². The molecule has 0 aromatic heterocycles. The van der Waals surface area contributed by atoms with E-state index in [4.69, 9.17) is 4.74 Å². The van der Waals surface area contributed by atoms with Crippen LogP contribution in [0.4, 0.5) is 0 Å². The lowest BCUT2D eigenvalue weighted by Crippen LogP contribution is -2.06. The van der Waals surface area contributed by atoms with E-state index in [2.05, 4.69) is 15.9 Å². The summed E-state index contributed by atoms with van der Waals surface area (Å²) in [5.74, 6) is -0.830. The van der Waals surface area contributed by atoms with E-state index in [-0.39, 0.29) is 17.1 Å². The van der Waals surface area contributed by atoms with Gasteiger partial charge in [0.2, 0.25) is 0 Å². The predicted molar refractivity (Wildman–Crippen MR) is 81.6 cm³/mol. The number of phenols is 1. The average molecular weight is 349 g/mol. The molecule has 0 aliphatic heterocycles. The Bertz CT molecular complexity index is 677. The molecule has 108 valence electrons. The summed E-state index contributed by atoms with van der Waals surface area (Å²) in [6.45, 7) is 2.03. The van der Waals surface area contributed by atoms with Gasteiger partial charge in [0.25, 0.3) is 0 Å². The van der Waals surface area contributed by atoms with Crippen molar-refractivity contribution in [3.63, 3.8) is 0 Å². The Hall–Kier alpha value is -2.14. The summed E-state index contributed by atoms with van der Waals surface area (Å²) in [6, 6.07) is 10.8. The van der Waals surface area contributed by atoms with E-state index < -0.39 is 5.97 Å². The van der Waals surface area contributed by atoms with Crippen molar-refractivity contribution in [2.24, 2.45) is 0 Å².